The molecule has 0 aromatic heterocycles. The number of hydrogen-bond donors (Lipinski definition) is 0. The van der Waals surface area contributed by atoms with E-state index in [1.165, 1.54) is 25.7 Å². The van der Waals surface area contributed by atoms with Crippen molar-refractivity contribution in [2.75, 3.05) is 13.2 Å². The number of carbonyl (C=O) groups excluding carboxylic acids is 2. The van der Waals surface area contributed by atoms with E-state index in [0.29, 0.717) is 25.7 Å². The Labute approximate surface area is 216 Å². The fraction of sp³-hybridized carbons (Fsp3) is 0.923. The molecule has 2 saturated carbocycles. The number of nitrogens with zero attached hydrogens (tertiary/aromatic N) is 4. The molecule has 0 aromatic carbocycles. The summed E-state index contributed by atoms with van der Waals surface area (Å²) in [6.45, 7) is 7.84. The van der Waals surface area contributed by atoms with E-state index in [1.54, 1.807) is 13.8 Å². The van der Waals surface area contributed by atoms with Crippen LogP contribution in [0.3, 0.4) is 0 Å². The van der Waals surface area contributed by atoms with Crippen molar-refractivity contribution in [1.29, 1.82) is 0 Å². The lowest BCUT2D eigenvalue weighted by Gasteiger charge is -2.24. The quantitative estimate of drug-likeness (QED) is 0.125. The number of azo groups is 2. The summed E-state index contributed by atoms with van der Waals surface area (Å²) in [6.07, 6.45) is 11.1. The third-order valence-corrected chi connectivity index (χ3v) is 6.53. The minimum absolute atomic E-state index is 0.155. The highest BCUT2D eigenvalue weighted by atomic mass is 16.7. The Morgan fingerprint density at radius 2 is 1.06 bits per heavy atom. The fourth-order valence-electron chi connectivity index (χ4n) is 4.55. The van der Waals surface area contributed by atoms with E-state index < -0.39 is 23.8 Å². The predicted octanol–water partition coefficient (Wildman–Crippen LogP) is 7.90. The van der Waals surface area contributed by atoms with Gasteiger partial charge in [0.15, 0.2) is 0 Å². The van der Waals surface area contributed by atoms with Crippen LogP contribution in [0, 0.1) is 0 Å². The summed E-state index contributed by atoms with van der Waals surface area (Å²) in [5.41, 5.74) is -2.02. The highest BCUT2D eigenvalue weighted by molar-refractivity contribution is 5.60. The van der Waals surface area contributed by atoms with Gasteiger partial charge >= 0.3 is 12.3 Å². The van der Waals surface area contributed by atoms with Crippen LogP contribution in [0.15, 0.2) is 20.5 Å². The first-order chi connectivity index (χ1) is 17.3. The van der Waals surface area contributed by atoms with Crippen molar-refractivity contribution in [3.63, 3.8) is 0 Å². The highest BCUT2D eigenvalue weighted by Gasteiger charge is 2.31. The lowest BCUT2D eigenvalue weighted by Crippen LogP contribution is -2.30. The summed E-state index contributed by atoms with van der Waals surface area (Å²) in [7, 11) is 0. The topological polar surface area (TPSA) is 121 Å². The van der Waals surface area contributed by atoms with Gasteiger partial charge < -0.3 is 18.9 Å². The lowest BCUT2D eigenvalue weighted by atomic mass is 10.1. The molecule has 0 saturated heterocycles. The summed E-state index contributed by atoms with van der Waals surface area (Å²) in [4.78, 5) is 24.3. The number of hydrogen-bond acceptors (Lipinski definition) is 10. The van der Waals surface area contributed by atoms with Crippen LogP contribution < -0.4 is 0 Å². The van der Waals surface area contributed by atoms with Crippen LogP contribution in [0.25, 0.3) is 0 Å². The van der Waals surface area contributed by atoms with E-state index in [4.69, 9.17) is 18.9 Å². The van der Waals surface area contributed by atoms with Crippen LogP contribution in [-0.2, 0) is 18.9 Å². The second-order valence-electron chi connectivity index (χ2n) is 10.3. The van der Waals surface area contributed by atoms with Gasteiger partial charge in [-0.05, 0) is 52.4 Å². The normalized spacial score (nSPS) is 20.4. The van der Waals surface area contributed by atoms with Crippen molar-refractivity contribution < 1.29 is 28.5 Å². The zero-order valence-electron chi connectivity index (χ0n) is 22.7. The molecule has 10 nitrogen and oxygen atoms in total. The van der Waals surface area contributed by atoms with Gasteiger partial charge in [0.1, 0.15) is 0 Å². The summed E-state index contributed by atoms with van der Waals surface area (Å²) < 4.78 is 21.3. The molecule has 0 aliphatic heterocycles. The van der Waals surface area contributed by atoms with Gasteiger partial charge in [-0.1, -0.05) is 52.4 Å². The molecule has 2 atom stereocenters. The zero-order chi connectivity index (χ0) is 26.3. The van der Waals surface area contributed by atoms with E-state index in [0.717, 1.165) is 38.5 Å². The maximum absolute atomic E-state index is 12.2. The second kappa shape index (κ2) is 15.8. The van der Waals surface area contributed by atoms with Gasteiger partial charge in [-0.15, -0.1) is 10.2 Å². The van der Waals surface area contributed by atoms with Crippen molar-refractivity contribution >= 4 is 12.3 Å². The Morgan fingerprint density at radius 1 is 0.694 bits per heavy atom. The third kappa shape index (κ3) is 11.6. The van der Waals surface area contributed by atoms with Gasteiger partial charge in [-0.2, -0.15) is 10.2 Å². The van der Waals surface area contributed by atoms with Crippen molar-refractivity contribution in [3.05, 3.63) is 0 Å². The number of rotatable bonds is 15. The minimum atomic E-state index is -1.01. The Bertz CT molecular complexity index is 661. The Kier molecular flexibility index (Phi) is 13.1. The first kappa shape index (κ1) is 30.0. The van der Waals surface area contributed by atoms with Crippen molar-refractivity contribution in [1.82, 2.24) is 0 Å². The molecular formula is C26H46N4O6. The molecule has 2 aliphatic carbocycles. The SMILES string of the molecule is CCCC(C)(N=NC1CCCC1)OC(=O)OCCCCOC(=O)OC(C)(CCC)N=NC1CCCC1. The third-order valence-electron chi connectivity index (χ3n) is 6.53. The standard InChI is InChI=1S/C26H46N4O6/c1-5-17-25(3,29-27-21-13-7-8-14-21)35-23(31)33-19-11-12-20-34-24(32)36-26(4,18-6-2)30-28-22-15-9-10-16-22/h21-22H,5-20H2,1-4H3. The minimum Gasteiger partial charge on any atom is -0.434 e. The highest BCUT2D eigenvalue weighted by Crippen LogP contribution is 2.27. The van der Waals surface area contributed by atoms with Crippen LogP contribution >= 0.6 is 0 Å². The molecule has 0 spiro atoms. The fourth-order valence-corrected chi connectivity index (χ4v) is 4.55. The van der Waals surface area contributed by atoms with Crippen LogP contribution in [0.5, 0.6) is 0 Å². The maximum Gasteiger partial charge on any atom is 0.510 e. The van der Waals surface area contributed by atoms with Crippen molar-refractivity contribution in [3.8, 4) is 0 Å². The van der Waals surface area contributed by atoms with E-state index in [-0.39, 0.29) is 25.3 Å². The van der Waals surface area contributed by atoms with Gasteiger partial charge in [0.05, 0.1) is 25.3 Å². The van der Waals surface area contributed by atoms with Gasteiger partial charge in [-0.25, -0.2) is 9.59 Å². The van der Waals surface area contributed by atoms with E-state index >= 15 is 0 Å². The molecule has 0 heterocycles. The Hall–Kier alpha value is -2.26. The molecule has 0 bridgehead atoms. The predicted molar refractivity (Wildman–Crippen MR) is 135 cm³/mol. The molecule has 206 valence electrons. The molecule has 2 fully saturated rings. The molecule has 36 heavy (non-hydrogen) atoms. The molecule has 0 radical (unpaired) electrons. The van der Waals surface area contributed by atoms with E-state index in [2.05, 4.69) is 20.5 Å². The molecule has 2 aliphatic rings. The summed E-state index contributed by atoms with van der Waals surface area (Å²) in [6, 6.07) is 0.449. The second-order valence-corrected chi connectivity index (χ2v) is 10.3. The monoisotopic (exact) mass is 510 g/mol. The largest absolute Gasteiger partial charge is 0.510 e. The Morgan fingerprint density at radius 3 is 1.39 bits per heavy atom. The van der Waals surface area contributed by atoms with Gasteiger partial charge in [0.2, 0.25) is 11.4 Å². The molecule has 0 amide bonds. The summed E-state index contributed by atoms with van der Waals surface area (Å²) >= 11 is 0. The average molecular weight is 511 g/mol. The van der Waals surface area contributed by atoms with E-state index in [9.17, 15) is 9.59 Å². The number of unbranched alkanes of at least 4 members (excludes halogenated alkanes) is 1. The van der Waals surface area contributed by atoms with Crippen molar-refractivity contribution in [2.45, 2.75) is 141 Å². The van der Waals surface area contributed by atoms with Gasteiger partial charge in [0, 0.05) is 12.8 Å². The van der Waals surface area contributed by atoms with Crippen LogP contribution in [0.1, 0.15) is 118 Å². The molecule has 0 aromatic rings. The van der Waals surface area contributed by atoms with Crippen molar-refractivity contribution in [2.24, 2.45) is 20.5 Å². The number of ether oxygens (including phenoxy) is 4. The molecule has 2 unspecified atom stereocenters. The molecular weight excluding hydrogens is 464 g/mol. The number of carbonyl (C=O) groups is 2. The first-order valence-corrected chi connectivity index (χ1v) is 13.8. The maximum atomic E-state index is 12.2. The first-order valence-electron chi connectivity index (χ1n) is 13.8. The molecule has 2 rings (SSSR count). The van der Waals surface area contributed by atoms with E-state index in [1.807, 2.05) is 13.8 Å². The zero-order valence-corrected chi connectivity index (χ0v) is 22.7. The van der Waals surface area contributed by atoms with Crippen LogP contribution in [0.4, 0.5) is 9.59 Å². The Balaban J connectivity index is 1.64. The summed E-state index contributed by atoms with van der Waals surface area (Å²) in [5.74, 6) is 0. The average Bonchev–Trinajstić information content (AvgIpc) is 3.53. The smallest absolute Gasteiger partial charge is 0.434 e. The summed E-state index contributed by atoms with van der Waals surface area (Å²) in [5, 5.41) is 17.5. The van der Waals surface area contributed by atoms with Gasteiger partial charge in [-0.3, -0.25) is 0 Å². The van der Waals surface area contributed by atoms with Crippen LogP contribution in [0.2, 0.25) is 0 Å². The molecule has 0 N–H and O–H groups in total. The van der Waals surface area contributed by atoms with Gasteiger partial charge in [0.25, 0.3) is 0 Å². The lowest BCUT2D eigenvalue weighted by molar-refractivity contribution is -0.0361. The molecule has 10 heteroatoms. The van der Waals surface area contributed by atoms with Crippen LogP contribution in [-0.4, -0.2) is 49.1 Å².